The number of ether oxygens (including phenoxy) is 2. The minimum Gasteiger partial charge on any atom is -0.465 e. The first-order chi connectivity index (χ1) is 9.54. The van der Waals surface area contributed by atoms with Crippen molar-refractivity contribution in [1.29, 1.82) is 0 Å². The normalized spacial score (nSPS) is 29.8. The lowest BCUT2D eigenvalue weighted by atomic mass is 9.97. The Bertz CT molecular complexity index is 333. The Hall–Kier alpha value is -0.650. The van der Waals surface area contributed by atoms with Crippen LogP contribution in [0.1, 0.15) is 46.0 Å². The van der Waals surface area contributed by atoms with Gasteiger partial charge in [-0.3, -0.25) is 9.69 Å². The van der Waals surface area contributed by atoms with Gasteiger partial charge in [0.15, 0.2) is 0 Å². The van der Waals surface area contributed by atoms with Crippen molar-refractivity contribution in [2.24, 2.45) is 5.73 Å². The van der Waals surface area contributed by atoms with Crippen LogP contribution in [0.3, 0.4) is 0 Å². The molecule has 1 aliphatic heterocycles. The van der Waals surface area contributed by atoms with E-state index in [9.17, 15) is 4.79 Å². The molecular weight excluding hydrogens is 256 g/mol. The average Bonchev–Trinajstić information content (AvgIpc) is 2.88. The first-order valence-corrected chi connectivity index (χ1v) is 7.86. The molecule has 0 aromatic rings. The van der Waals surface area contributed by atoms with Crippen molar-refractivity contribution in [3.05, 3.63) is 0 Å². The van der Waals surface area contributed by atoms with Crippen LogP contribution in [-0.4, -0.2) is 54.9 Å². The SMILES string of the molecule is CCOC(=O)C(C)(N)CCCN1CCOC2CCCC21. The van der Waals surface area contributed by atoms with Gasteiger partial charge in [0.1, 0.15) is 5.54 Å². The van der Waals surface area contributed by atoms with Crippen LogP contribution in [-0.2, 0) is 14.3 Å². The number of hydrogen-bond acceptors (Lipinski definition) is 5. The molecule has 0 bridgehead atoms. The van der Waals surface area contributed by atoms with Gasteiger partial charge in [0.05, 0.1) is 19.3 Å². The van der Waals surface area contributed by atoms with E-state index >= 15 is 0 Å². The van der Waals surface area contributed by atoms with E-state index in [4.69, 9.17) is 15.2 Å². The number of hydrogen-bond donors (Lipinski definition) is 1. The van der Waals surface area contributed by atoms with Gasteiger partial charge in [-0.25, -0.2) is 0 Å². The van der Waals surface area contributed by atoms with Gasteiger partial charge >= 0.3 is 5.97 Å². The average molecular weight is 284 g/mol. The number of carbonyl (C=O) groups excluding carboxylic acids is 1. The molecule has 3 atom stereocenters. The third kappa shape index (κ3) is 3.71. The number of esters is 1. The zero-order chi connectivity index (χ0) is 14.6. The van der Waals surface area contributed by atoms with E-state index in [1.807, 2.05) is 6.92 Å². The zero-order valence-electron chi connectivity index (χ0n) is 12.8. The third-order valence-electron chi connectivity index (χ3n) is 4.48. The molecule has 2 rings (SSSR count). The Morgan fingerprint density at radius 2 is 2.30 bits per heavy atom. The first-order valence-electron chi connectivity index (χ1n) is 7.86. The van der Waals surface area contributed by atoms with Crippen LogP contribution in [0.15, 0.2) is 0 Å². The summed E-state index contributed by atoms with van der Waals surface area (Å²) >= 11 is 0. The van der Waals surface area contributed by atoms with E-state index in [2.05, 4.69) is 4.90 Å². The second-order valence-electron chi connectivity index (χ2n) is 6.18. The van der Waals surface area contributed by atoms with Crippen molar-refractivity contribution in [1.82, 2.24) is 4.90 Å². The summed E-state index contributed by atoms with van der Waals surface area (Å²) in [5.74, 6) is -0.291. The molecule has 2 fully saturated rings. The fraction of sp³-hybridized carbons (Fsp3) is 0.933. The molecule has 0 radical (unpaired) electrons. The molecule has 0 aromatic heterocycles. The van der Waals surface area contributed by atoms with Crippen molar-refractivity contribution in [3.8, 4) is 0 Å². The minimum atomic E-state index is -0.864. The fourth-order valence-corrected chi connectivity index (χ4v) is 3.33. The highest BCUT2D eigenvalue weighted by Gasteiger charge is 2.36. The van der Waals surface area contributed by atoms with Crippen molar-refractivity contribution < 1.29 is 14.3 Å². The maximum absolute atomic E-state index is 11.7. The van der Waals surface area contributed by atoms with E-state index in [1.54, 1.807) is 6.92 Å². The minimum absolute atomic E-state index is 0.291. The molecule has 3 unspecified atom stereocenters. The Morgan fingerprint density at radius 1 is 1.50 bits per heavy atom. The molecular formula is C15H28N2O3. The number of rotatable bonds is 6. The van der Waals surface area contributed by atoms with Crippen LogP contribution in [0, 0.1) is 0 Å². The lowest BCUT2D eigenvalue weighted by Crippen LogP contribution is -2.50. The molecule has 5 heteroatoms. The fourth-order valence-electron chi connectivity index (χ4n) is 3.33. The van der Waals surface area contributed by atoms with Crippen LogP contribution in [0.25, 0.3) is 0 Å². The highest BCUT2D eigenvalue weighted by molar-refractivity contribution is 5.79. The van der Waals surface area contributed by atoms with Crippen LogP contribution < -0.4 is 5.73 Å². The topological polar surface area (TPSA) is 64.8 Å². The van der Waals surface area contributed by atoms with Crippen LogP contribution >= 0.6 is 0 Å². The molecule has 20 heavy (non-hydrogen) atoms. The molecule has 5 nitrogen and oxygen atoms in total. The Labute approximate surface area is 121 Å². The summed E-state index contributed by atoms with van der Waals surface area (Å²) < 4.78 is 10.8. The molecule has 2 N–H and O–H groups in total. The number of fused-ring (bicyclic) bond motifs is 1. The maximum atomic E-state index is 11.7. The summed E-state index contributed by atoms with van der Waals surface area (Å²) in [4.78, 5) is 14.3. The Morgan fingerprint density at radius 3 is 3.05 bits per heavy atom. The Kier molecular flexibility index (Phi) is 5.41. The quantitative estimate of drug-likeness (QED) is 0.745. The molecule has 1 heterocycles. The number of nitrogens with zero attached hydrogens (tertiary/aromatic N) is 1. The highest BCUT2D eigenvalue weighted by Crippen LogP contribution is 2.29. The molecule has 1 saturated carbocycles. The number of carbonyl (C=O) groups is 1. The van der Waals surface area contributed by atoms with E-state index < -0.39 is 5.54 Å². The number of morpholine rings is 1. The second-order valence-corrected chi connectivity index (χ2v) is 6.18. The van der Waals surface area contributed by atoms with Crippen molar-refractivity contribution in [3.63, 3.8) is 0 Å². The van der Waals surface area contributed by atoms with E-state index in [0.717, 1.165) is 26.1 Å². The largest absolute Gasteiger partial charge is 0.465 e. The van der Waals surface area contributed by atoms with Crippen LogP contribution in [0.2, 0.25) is 0 Å². The van der Waals surface area contributed by atoms with Gasteiger partial charge in [0.2, 0.25) is 0 Å². The van der Waals surface area contributed by atoms with Gasteiger partial charge in [0.25, 0.3) is 0 Å². The van der Waals surface area contributed by atoms with Gasteiger partial charge in [0, 0.05) is 12.6 Å². The molecule has 116 valence electrons. The highest BCUT2D eigenvalue weighted by atomic mass is 16.5. The summed E-state index contributed by atoms with van der Waals surface area (Å²) in [6.07, 6.45) is 5.72. The molecule has 2 aliphatic rings. The predicted octanol–water partition coefficient (Wildman–Crippen LogP) is 1.30. The number of nitrogens with two attached hydrogens (primary N) is 1. The molecule has 0 aromatic carbocycles. The van der Waals surface area contributed by atoms with Gasteiger partial charge in [-0.2, -0.15) is 0 Å². The zero-order valence-corrected chi connectivity index (χ0v) is 12.8. The van der Waals surface area contributed by atoms with Gasteiger partial charge < -0.3 is 15.2 Å². The Balaban J connectivity index is 1.76. The lowest BCUT2D eigenvalue weighted by molar-refractivity contribution is -0.149. The third-order valence-corrected chi connectivity index (χ3v) is 4.48. The standard InChI is InChI=1S/C15H28N2O3/c1-3-19-14(18)15(2,16)8-5-9-17-10-11-20-13-7-4-6-12(13)17/h12-13H,3-11,16H2,1-2H3. The van der Waals surface area contributed by atoms with Crippen LogP contribution in [0.5, 0.6) is 0 Å². The van der Waals surface area contributed by atoms with Crippen LogP contribution in [0.4, 0.5) is 0 Å². The summed E-state index contributed by atoms with van der Waals surface area (Å²) in [7, 11) is 0. The maximum Gasteiger partial charge on any atom is 0.325 e. The molecule has 1 saturated heterocycles. The predicted molar refractivity (Wildman–Crippen MR) is 77.4 cm³/mol. The van der Waals surface area contributed by atoms with Gasteiger partial charge in [-0.15, -0.1) is 0 Å². The van der Waals surface area contributed by atoms with Gasteiger partial charge in [-0.1, -0.05) is 0 Å². The smallest absolute Gasteiger partial charge is 0.325 e. The monoisotopic (exact) mass is 284 g/mol. The van der Waals surface area contributed by atoms with Crippen molar-refractivity contribution >= 4 is 5.97 Å². The second kappa shape index (κ2) is 6.87. The summed E-state index contributed by atoms with van der Waals surface area (Å²) in [5.41, 5.74) is 5.19. The van der Waals surface area contributed by atoms with Gasteiger partial charge in [-0.05, 0) is 52.5 Å². The van der Waals surface area contributed by atoms with Crippen molar-refractivity contribution in [2.45, 2.75) is 63.6 Å². The van der Waals surface area contributed by atoms with E-state index in [-0.39, 0.29) is 5.97 Å². The first kappa shape index (κ1) is 15.7. The summed E-state index contributed by atoms with van der Waals surface area (Å²) in [6.45, 7) is 6.79. The molecule has 0 spiro atoms. The van der Waals surface area contributed by atoms with E-state index in [0.29, 0.717) is 25.2 Å². The summed E-state index contributed by atoms with van der Waals surface area (Å²) in [6, 6.07) is 0.579. The van der Waals surface area contributed by atoms with Crippen molar-refractivity contribution in [2.75, 3.05) is 26.3 Å². The summed E-state index contributed by atoms with van der Waals surface area (Å²) in [5, 5.41) is 0. The molecule has 1 aliphatic carbocycles. The van der Waals surface area contributed by atoms with E-state index in [1.165, 1.54) is 19.3 Å². The lowest BCUT2D eigenvalue weighted by Gasteiger charge is -2.38. The molecule has 0 amide bonds.